The molecule has 1 aliphatic rings. The highest BCUT2D eigenvalue weighted by molar-refractivity contribution is 7.18. The molecule has 0 atom stereocenters. The molecule has 0 aromatic carbocycles. The Hall–Kier alpha value is -1.34. The van der Waals surface area contributed by atoms with Gasteiger partial charge >= 0.3 is 0 Å². The second-order valence-electron chi connectivity index (χ2n) is 5.06. The molecule has 0 bridgehead atoms. The van der Waals surface area contributed by atoms with E-state index in [4.69, 9.17) is 10.5 Å². The third-order valence-electron chi connectivity index (χ3n) is 3.43. The number of carbonyl (C=O) groups is 1. The number of nitrogens with one attached hydrogen (secondary N) is 1. The van der Waals surface area contributed by atoms with Crippen molar-refractivity contribution in [1.82, 2.24) is 10.3 Å². The number of nitrogen functional groups attached to an aromatic ring is 1. The lowest BCUT2D eigenvalue weighted by molar-refractivity contribution is 0.0949. The van der Waals surface area contributed by atoms with Gasteiger partial charge in [0.1, 0.15) is 10.7 Å². The summed E-state index contributed by atoms with van der Waals surface area (Å²) < 4.78 is 5.24. The first-order valence-corrected chi connectivity index (χ1v) is 8.41. The molecule has 7 heteroatoms. The molecule has 1 saturated heterocycles. The fourth-order valence-electron chi connectivity index (χ4n) is 2.30. The number of aromatic nitrogens is 1. The van der Waals surface area contributed by atoms with Gasteiger partial charge in [-0.3, -0.25) is 4.79 Å². The van der Waals surface area contributed by atoms with Gasteiger partial charge in [-0.05, 0) is 32.6 Å². The number of carbonyl (C=O) groups excluding carboxylic acids is 1. The van der Waals surface area contributed by atoms with E-state index in [0.29, 0.717) is 30.5 Å². The molecule has 0 saturated carbocycles. The van der Waals surface area contributed by atoms with Gasteiger partial charge in [-0.25, -0.2) is 4.98 Å². The van der Waals surface area contributed by atoms with E-state index in [1.165, 1.54) is 30.6 Å². The lowest BCUT2D eigenvalue weighted by Gasteiger charge is -2.25. The van der Waals surface area contributed by atoms with Crippen LogP contribution in [0.5, 0.6) is 0 Å². The van der Waals surface area contributed by atoms with Gasteiger partial charge < -0.3 is 20.7 Å². The fourth-order valence-corrected chi connectivity index (χ4v) is 3.26. The van der Waals surface area contributed by atoms with Crippen LogP contribution in [-0.4, -0.2) is 43.7 Å². The standard InChI is InChI=1S/C14H24N4O2S/c1-2-20-10-6-7-16-13(19)11-12(15)17-14(21-11)18-8-4-3-5-9-18/h2-10,15H2,1H3,(H,16,19). The maximum Gasteiger partial charge on any atom is 0.265 e. The zero-order valence-corrected chi connectivity index (χ0v) is 13.4. The summed E-state index contributed by atoms with van der Waals surface area (Å²) in [6, 6.07) is 0. The van der Waals surface area contributed by atoms with E-state index in [0.717, 1.165) is 24.6 Å². The van der Waals surface area contributed by atoms with E-state index in [1.807, 2.05) is 6.92 Å². The predicted molar refractivity (Wildman–Crippen MR) is 86.0 cm³/mol. The Labute approximate surface area is 129 Å². The van der Waals surface area contributed by atoms with Gasteiger partial charge in [0.05, 0.1) is 0 Å². The van der Waals surface area contributed by atoms with Gasteiger partial charge in [-0.1, -0.05) is 11.3 Å². The Bertz CT molecular complexity index is 458. The molecule has 118 valence electrons. The van der Waals surface area contributed by atoms with Crippen LogP contribution >= 0.6 is 11.3 Å². The monoisotopic (exact) mass is 312 g/mol. The molecule has 21 heavy (non-hydrogen) atoms. The first kappa shape index (κ1) is 16.0. The van der Waals surface area contributed by atoms with Crippen molar-refractivity contribution in [2.45, 2.75) is 32.6 Å². The SMILES string of the molecule is CCOCCCNC(=O)c1sc(N2CCCCC2)nc1N. The topological polar surface area (TPSA) is 80.5 Å². The van der Waals surface area contributed by atoms with Crippen LogP contribution in [0.2, 0.25) is 0 Å². The smallest absolute Gasteiger partial charge is 0.265 e. The third kappa shape index (κ3) is 4.57. The summed E-state index contributed by atoms with van der Waals surface area (Å²) in [5.74, 6) is 0.202. The second-order valence-corrected chi connectivity index (χ2v) is 6.04. The summed E-state index contributed by atoms with van der Waals surface area (Å²) in [6.45, 7) is 5.92. The molecule has 0 unspecified atom stereocenters. The van der Waals surface area contributed by atoms with Crippen molar-refractivity contribution in [3.8, 4) is 0 Å². The maximum atomic E-state index is 12.1. The van der Waals surface area contributed by atoms with Crippen molar-refractivity contribution in [1.29, 1.82) is 0 Å². The molecular formula is C14H24N4O2S. The Morgan fingerprint density at radius 1 is 1.43 bits per heavy atom. The quantitative estimate of drug-likeness (QED) is 0.751. The zero-order valence-electron chi connectivity index (χ0n) is 12.6. The number of thiazole rings is 1. The Morgan fingerprint density at radius 2 is 2.19 bits per heavy atom. The van der Waals surface area contributed by atoms with Crippen LogP contribution in [0.25, 0.3) is 0 Å². The number of rotatable bonds is 7. The average Bonchev–Trinajstić information content (AvgIpc) is 2.90. The van der Waals surface area contributed by atoms with E-state index >= 15 is 0 Å². The lowest BCUT2D eigenvalue weighted by Crippen LogP contribution is -2.29. The lowest BCUT2D eigenvalue weighted by atomic mass is 10.1. The summed E-state index contributed by atoms with van der Waals surface area (Å²) in [5, 5.41) is 3.74. The summed E-state index contributed by atoms with van der Waals surface area (Å²) in [5.41, 5.74) is 5.89. The number of piperidine rings is 1. The first-order chi connectivity index (χ1) is 10.2. The van der Waals surface area contributed by atoms with Crippen LogP contribution in [0.1, 0.15) is 42.3 Å². The minimum atomic E-state index is -0.134. The number of anilines is 2. The van der Waals surface area contributed by atoms with Crippen molar-refractivity contribution < 1.29 is 9.53 Å². The van der Waals surface area contributed by atoms with Crippen LogP contribution in [0.15, 0.2) is 0 Å². The number of hydrogen-bond donors (Lipinski definition) is 2. The van der Waals surface area contributed by atoms with E-state index in [-0.39, 0.29) is 5.91 Å². The van der Waals surface area contributed by atoms with E-state index in [2.05, 4.69) is 15.2 Å². The molecule has 0 aliphatic carbocycles. The third-order valence-corrected chi connectivity index (χ3v) is 4.56. The van der Waals surface area contributed by atoms with E-state index < -0.39 is 0 Å². The van der Waals surface area contributed by atoms with E-state index in [9.17, 15) is 4.79 Å². The van der Waals surface area contributed by atoms with Gasteiger partial charge in [0.15, 0.2) is 5.13 Å². The molecular weight excluding hydrogens is 288 g/mol. The molecule has 1 amide bonds. The van der Waals surface area contributed by atoms with Crippen molar-refractivity contribution in [2.24, 2.45) is 0 Å². The van der Waals surface area contributed by atoms with Crippen LogP contribution < -0.4 is 16.0 Å². The summed E-state index contributed by atoms with van der Waals surface area (Å²) >= 11 is 1.39. The molecule has 2 rings (SSSR count). The number of nitrogens with two attached hydrogens (primary N) is 1. The number of hydrogen-bond acceptors (Lipinski definition) is 6. The van der Waals surface area contributed by atoms with Crippen LogP contribution in [0, 0.1) is 0 Å². The van der Waals surface area contributed by atoms with Gasteiger partial charge in [0.25, 0.3) is 5.91 Å². The normalized spacial score (nSPS) is 15.2. The minimum absolute atomic E-state index is 0.134. The Balaban J connectivity index is 1.87. The molecule has 1 aliphatic heterocycles. The van der Waals surface area contributed by atoms with Gasteiger partial charge in [0.2, 0.25) is 0 Å². The van der Waals surface area contributed by atoms with Crippen LogP contribution in [0.3, 0.4) is 0 Å². The maximum absolute atomic E-state index is 12.1. The summed E-state index contributed by atoms with van der Waals surface area (Å²) in [6.07, 6.45) is 4.43. The van der Waals surface area contributed by atoms with E-state index in [1.54, 1.807) is 0 Å². The van der Waals surface area contributed by atoms with Crippen molar-refractivity contribution in [3.05, 3.63) is 4.88 Å². The van der Waals surface area contributed by atoms with Crippen LogP contribution in [-0.2, 0) is 4.74 Å². The molecule has 1 aromatic rings. The largest absolute Gasteiger partial charge is 0.382 e. The van der Waals surface area contributed by atoms with Crippen molar-refractivity contribution in [2.75, 3.05) is 43.5 Å². The first-order valence-electron chi connectivity index (χ1n) is 7.59. The molecule has 0 radical (unpaired) electrons. The molecule has 1 fully saturated rings. The highest BCUT2D eigenvalue weighted by Crippen LogP contribution is 2.29. The Kier molecular flexibility index (Phi) is 6.25. The molecule has 3 N–H and O–H groups in total. The van der Waals surface area contributed by atoms with Crippen molar-refractivity contribution in [3.63, 3.8) is 0 Å². The number of amides is 1. The minimum Gasteiger partial charge on any atom is -0.382 e. The second kappa shape index (κ2) is 8.19. The van der Waals surface area contributed by atoms with Gasteiger partial charge in [-0.15, -0.1) is 0 Å². The zero-order chi connectivity index (χ0) is 15.1. The summed E-state index contributed by atoms with van der Waals surface area (Å²) in [7, 11) is 0. The van der Waals surface area contributed by atoms with Gasteiger partial charge in [0, 0.05) is 32.8 Å². The highest BCUT2D eigenvalue weighted by Gasteiger charge is 2.20. The molecule has 1 aromatic heterocycles. The van der Waals surface area contributed by atoms with Crippen LogP contribution in [0.4, 0.5) is 10.9 Å². The van der Waals surface area contributed by atoms with Crippen molar-refractivity contribution >= 4 is 28.2 Å². The van der Waals surface area contributed by atoms with Gasteiger partial charge in [-0.2, -0.15) is 0 Å². The molecule has 2 heterocycles. The molecule has 0 spiro atoms. The number of ether oxygens (including phenoxy) is 1. The Morgan fingerprint density at radius 3 is 2.90 bits per heavy atom. The average molecular weight is 312 g/mol. The predicted octanol–water partition coefficient (Wildman–Crippen LogP) is 1.87. The molecule has 6 nitrogen and oxygen atoms in total. The fraction of sp³-hybridized carbons (Fsp3) is 0.714. The number of nitrogens with zero attached hydrogens (tertiary/aromatic N) is 2. The highest BCUT2D eigenvalue weighted by atomic mass is 32.1. The summed E-state index contributed by atoms with van der Waals surface area (Å²) in [4.78, 5) is 19.2.